The Bertz CT molecular complexity index is 1810. The van der Waals surface area contributed by atoms with Crippen molar-refractivity contribution in [1.29, 1.82) is 0 Å². The summed E-state index contributed by atoms with van der Waals surface area (Å²) in [5.74, 6) is -1.08. The number of amides is 1. The van der Waals surface area contributed by atoms with Crippen molar-refractivity contribution in [3.8, 4) is 0 Å². The number of aromatic nitrogens is 6. The monoisotopic (exact) mass is 667 g/mol. The number of ether oxygens (including phenoxy) is 1. The lowest BCUT2D eigenvalue weighted by Gasteiger charge is -2.45. The molecule has 1 aliphatic carbocycles. The SMILES string of the molecule is NC(=O)c1cc([C@@H]2C[C@@H]3CO[P@](=O)(S)O[C@H]4C[C@H](n5cnc6c5ncn5ccnc65)O[C@@H]4CO[P@](=O)(S)OC[C@H]32)ccn1. The molecule has 0 bridgehead atoms. The van der Waals surface area contributed by atoms with Crippen LogP contribution in [0.25, 0.3) is 16.8 Å². The maximum atomic E-state index is 13.4. The molecule has 19 heteroatoms. The summed E-state index contributed by atoms with van der Waals surface area (Å²) >= 11 is 8.44. The minimum atomic E-state index is -3.87. The number of fused-ring (bicyclic) bond motifs is 5. The highest BCUT2D eigenvalue weighted by atomic mass is 32.7. The average molecular weight is 668 g/mol. The van der Waals surface area contributed by atoms with Gasteiger partial charge in [0, 0.05) is 25.0 Å². The van der Waals surface area contributed by atoms with Gasteiger partial charge in [-0.15, -0.1) is 0 Å². The zero-order valence-corrected chi connectivity index (χ0v) is 25.9. The van der Waals surface area contributed by atoms with Crippen molar-refractivity contribution in [1.82, 2.24) is 28.9 Å². The molecule has 1 amide bonds. The molecule has 6 heterocycles. The van der Waals surface area contributed by atoms with Gasteiger partial charge in [-0.3, -0.25) is 27.8 Å². The van der Waals surface area contributed by atoms with Crippen LogP contribution >= 0.6 is 38.1 Å². The fourth-order valence-corrected chi connectivity index (χ4v) is 8.65. The Balaban J connectivity index is 1.11. The van der Waals surface area contributed by atoms with E-state index in [9.17, 15) is 13.9 Å². The molecule has 4 aromatic heterocycles. The van der Waals surface area contributed by atoms with Crippen LogP contribution in [0, 0.1) is 11.8 Å². The first-order chi connectivity index (χ1) is 20.6. The molecule has 0 spiro atoms. The Morgan fingerprint density at radius 3 is 2.58 bits per heavy atom. The molecule has 0 aromatic carbocycles. The number of hydrogen-bond donors (Lipinski definition) is 3. The minimum absolute atomic E-state index is 0.0119. The summed E-state index contributed by atoms with van der Waals surface area (Å²) in [6.07, 6.45) is 6.73. The predicted molar refractivity (Wildman–Crippen MR) is 158 cm³/mol. The van der Waals surface area contributed by atoms with Gasteiger partial charge in [0.25, 0.3) is 5.91 Å². The molecule has 3 fully saturated rings. The number of pyridine rings is 1. The smallest absolute Gasteiger partial charge is 0.364 e. The second kappa shape index (κ2) is 11.2. The molecule has 7 rings (SSSR count). The van der Waals surface area contributed by atoms with Gasteiger partial charge >= 0.3 is 13.6 Å². The van der Waals surface area contributed by atoms with Gasteiger partial charge in [0.2, 0.25) is 0 Å². The number of imidazole rings is 2. The van der Waals surface area contributed by atoms with Crippen molar-refractivity contribution < 1.29 is 36.8 Å². The van der Waals surface area contributed by atoms with Crippen LogP contribution in [0.1, 0.15) is 41.0 Å². The molecule has 0 unspecified atom stereocenters. The minimum Gasteiger partial charge on any atom is -0.364 e. The van der Waals surface area contributed by atoms with Gasteiger partial charge in [-0.2, -0.15) is 0 Å². The van der Waals surface area contributed by atoms with Crippen molar-refractivity contribution in [3.63, 3.8) is 0 Å². The van der Waals surface area contributed by atoms with Gasteiger partial charge in [0.15, 0.2) is 16.8 Å². The number of rotatable bonds is 3. The van der Waals surface area contributed by atoms with Crippen LogP contribution in [-0.2, 0) is 32.0 Å². The lowest BCUT2D eigenvalue weighted by molar-refractivity contribution is -0.0364. The van der Waals surface area contributed by atoms with Crippen LogP contribution in [0.2, 0.25) is 0 Å². The van der Waals surface area contributed by atoms with Crippen LogP contribution in [0.15, 0.2) is 43.4 Å². The van der Waals surface area contributed by atoms with Crippen LogP contribution in [0.5, 0.6) is 0 Å². The Labute approximate surface area is 255 Å². The van der Waals surface area contributed by atoms with Crippen LogP contribution in [0.3, 0.4) is 0 Å². The fourth-order valence-electron chi connectivity index (χ4n) is 5.91. The molecule has 2 aliphatic heterocycles. The van der Waals surface area contributed by atoms with E-state index in [1.54, 1.807) is 46.1 Å². The predicted octanol–water partition coefficient (Wildman–Crippen LogP) is 3.80. The summed E-state index contributed by atoms with van der Waals surface area (Å²) in [4.78, 5) is 28.9. The normalized spacial score (nSPS) is 35.3. The molecule has 15 nitrogen and oxygen atoms in total. The molecule has 3 aliphatic rings. The zero-order chi connectivity index (χ0) is 29.9. The van der Waals surface area contributed by atoms with E-state index >= 15 is 0 Å². The molecular formula is C24H27N7O8P2S2. The summed E-state index contributed by atoms with van der Waals surface area (Å²) in [5, 5.41) is 0. The maximum Gasteiger partial charge on any atom is 0.386 e. The van der Waals surface area contributed by atoms with Gasteiger partial charge in [0.1, 0.15) is 30.5 Å². The molecular weight excluding hydrogens is 640 g/mol. The maximum absolute atomic E-state index is 13.4. The van der Waals surface area contributed by atoms with E-state index in [-0.39, 0.29) is 49.7 Å². The second-order valence-corrected chi connectivity index (χ2v) is 16.5. The quantitative estimate of drug-likeness (QED) is 0.212. The van der Waals surface area contributed by atoms with Crippen LogP contribution in [0.4, 0.5) is 0 Å². The van der Waals surface area contributed by atoms with E-state index in [4.69, 9.17) is 28.6 Å². The molecule has 1 saturated carbocycles. The number of hydrogen-bond acceptors (Lipinski definition) is 12. The topological polar surface area (TPSA) is 184 Å². The van der Waals surface area contributed by atoms with Crippen molar-refractivity contribution >= 4 is 60.8 Å². The molecule has 8 atom stereocenters. The molecule has 43 heavy (non-hydrogen) atoms. The lowest BCUT2D eigenvalue weighted by Crippen LogP contribution is -2.40. The third-order valence-corrected chi connectivity index (χ3v) is 11.4. The molecule has 228 valence electrons. The molecule has 0 radical (unpaired) electrons. The third-order valence-electron chi connectivity index (χ3n) is 8.14. The van der Waals surface area contributed by atoms with Crippen LogP contribution in [-0.4, -0.2) is 66.8 Å². The van der Waals surface area contributed by atoms with Crippen LogP contribution < -0.4 is 5.73 Å². The first-order valence-electron chi connectivity index (χ1n) is 13.4. The summed E-state index contributed by atoms with van der Waals surface area (Å²) in [6.45, 7) is -7.88. The standard InChI is InChI=1S/C24H27N7O8P2S2/c25-22(32)17-6-13(1-2-26-17)15-5-14-8-35-41(34,43)39-18-7-20(38-19(18)10-37-40(33,42)36-9-16(14)15)31-12-28-21-23-27-3-4-30(23)11-29-24(21)31/h1-4,6,11-12,14-16,18-20H,5,7-10H2,(H2,25,32)(H,33,42)(H,34,43)/t14-,15+,16-,18+,19-,20-,40-,41+/m1/s1. The number of nitrogens with two attached hydrogens (primary N) is 1. The fraction of sp³-hybridized carbons (Fsp3) is 0.458. The molecule has 2 saturated heterocycles. The Hall–Kier alpha value is -2.33. The largest absolute Gasteiger partial charge is 0.386 e. The zero-order valence-electron chi connectivity index (χ0n) is 22.4. The lowest BCUT2D eigenvalue weighted by atomic mass is 9.63. The first-order valence-corrected chi connectivity index (χ1v) is 18.8. The van der Waals surface area contributed by atoms with Gasteiger partial charge in [-0.1, -0.05) is 24.5 Å². The highest BCUT2D eigenvalue weighted by Crippen LogP contribution is 2.60. The van der Waals surface area contributed by atoms with Gasteiger partial charge in [0.05, 0.1) is 26.1 Å². The van der Waals surface area contributed by atoms with Gasteiger partial charge in [-0.25, -0.2) is 24.1 Å². The van der Waals surface area contributed by atoms with E-state index in [2.05, 4.69) is 44.4 Å². The molecule has 4 aromatic rings. The summed E-state index contributed by atoms with van der Waals surface area (Å²) in [6, 6.07) is 3.41. The Kier molecular flexibility index (Phi) is 7.68. The third kappa shape index (κ3) is 5.78. The number of carbonyl (C=O) groups is 1. The van der Waals surface area contributed by atoms with Crippen molar-refractivity contribution in [3.05, 3.63) is 54.6 Å². The highest BCUT2D eigenvalue weighted by molar-refractivity contribution is 8.44. The number of thiol groups is 2. The Morgan fingerprint density at radius 2 is 1.74 bits per heavy atom. The van der Waals surface area contributed by atoms with Crippen molar-refractivity contribution in [2.24, 2.45) is 17.6 Å². The van der Waals surface area contributed by atoms with E-state index in [0.717, 1.165) is 5.56 Å². The number of nitrogens with zero attached hydrogens (tertiary/aromatic N) is 6. The van der Waals surface area contributed by atoms with E-state index in [1.807, 2.05) is 0 Å². The highest BCUT2D eigenvalue weighted by Gasteiger charge is 2.47. The summed E-state index contributed by atoms with van der Waals surface area (Å²) in [7, 11) is 0. The first kappa shape index (κ1) is 29.4. The van der Waals surface area contributed by atoms with Crippen molar-refractivity contribution in [2.75, 3.05) is 19.8 Å². The van der Waals surface area contributed by atoms with Gasteiger partial charge < -0.3 is 19.5 Å². The van der Waals surface area contributed by atoms with Gasteiger partial charge in [-0.05, 0) is 41.9 Å². The van der Waals surface area contributed by atoms with E-state index in [0.29, 0.717) is 23.2 Å². The number of carbonyl (C=O) groups excluding carboxylic acids is 1. The summed E-state index contributed by atoms with van der Waals surface area (Å²) in [5.41, 5.74) is 8.12. The van der Waals surface area contributed by atoms with E-state index in [1.165, 1.54) is 6.20 Å². The second-order valence-electron chi connectivity index (χ2n) is 10.7. The summed E-state index contributed by atoms with van der Waals surface area (Å²) < 4.78 is 59.4. The molecule has 2 N–H and O–H groups in total. The van der Waals surface area contributed by atoms with Crippen molar-refractivity contribution in [2.45, 2.75) is 37.2 Å². The Morgan fingerprint density at radius 1 is 0.930 bits per heavy atom. The number of primary amides is 1. The van der Waals surface area contributed by atoms with E-state index < -0.39 is 37.9 Å². The average Bonchev–Trinajstić information content (AvgIpc) is 3.68.